The van der Waals surface area contributed by atoms with Gasteiger partial charge < -0.3 is 18.9 Å². The van der Waals surface area contributed by atoms with Crippen LogP contribution in [0, 0.1) is 5.41 Å². The van der Waals surface area contributed by atoms with Crippen LogP contribution in [-0.4, -0.2) is 55.7 Å². The Labute approximate surface area is 151 Å². The molecule has 0 fully saturated rings. The smallest absolute Gasteiger partial charge is 0.438 e. The van der Waals surface area contributed by atoms with Crippen molar-refractivity contribution in [3.05, 3.63) is 35.9 Å². The molecule has 0 radical (unpaired) electrons. The van der Waals surface area contributed by atoms with E-state index in [4.69, 9.17) is 10.1 Å². The highest BCUT2D eigenvalue weighted by Gasteiger charge is 2.01. The Balaban J connectivity index is 0.000000485. The van der Waals surface area contributed by atoms with Crippen LogP contribution >= 0.6 is 0 Å². The van der Waals surface area contributed by atoms with Crippen molar-refractivity contribution in [2.75, 3.05) is 20.8 Å². The summed E-state index contributed by atoms with van der Waals surface area (Å²) in [6.07, 6.45) is 8.16. The molecule has 10 nitrogen and oxygen atoms in total. The highest BCUT2D eigenvalue weighted by atomic mass is 16.7. The first-order chi connectivity index (χ1) is 12.6. The Bertz CT molecular complexity index is 604. The monoisotopic (exact) mass is 366 g/mol. The molecular formula is C16H22N4O6. The molecule has 0 amide bonds. The Morgan fingerprint density at radius 1 is 1.15 bits per heavy atom. The van der Waals surface area contributed by atoms with Gasteiger partial charge in [0.2, 0.25) is 0 Å². The average Bonchev–Trinajstić information content (AvgIpc) is 2.69. The summed E-state index contributed by atoms with van der Waals surface area (Å²) < 4.78 is 17.9. The molecule has 0 spiro atoms. The third-order valence-electron chi connectivity index (χ3n) is 2.44. The van der Waals surface area contributed by atoms with E-state index in [1.165, 1.54) is 26.8 Å². The number of aliphatic imine (C=N–C) groups is 1. The lowest BCUT2D eigenvalue weighted by Crippen LogP contribution is -2.08. The van der Waals surface area contributed by atoms with Crippen LogP contribution in [0.3, 0.4) is 0 Å². The third kappa shape index (κ3) is 12.2. The molecule has 0 aliphatic carbocycles. The molecule has 1 N–H and O–H groups in total. The molecule has 0 saturated carbocycles. The van der Waals surface area contributed by atoms with Gasteiger partial charge in [-0.1, -0.05) is 13.0 Å². The van der Waals surface area contributed by atoms with Gasteiger partial charge in [-0.05, 0) is 6.42 Å². The fourth-order valence-electron chi connectivity index (χ4n) is 1.35. The molecule has 0 bridgehead atoms. The van der Waals surface area contributed by atoms with Crippen molar-refractivity contribution in [1.82, 2.24) is 9.97 Å². The second-order valence-corrected chi connectivity index (χ2v) is 4.33. The third-order valence-corrected chi connectivity index (χ3v) is 2.44. The lowest BCUT2D eigenvalue weighted by atomic mass is 10.2. The number of allylic oxidation sites excluding steroid dienone is 1. The number of ether oxygens (including phenoxy) is 4. The van der Waals surface area contributed by atoms with Crippen molar-refractivity contribution in [2.45, 2.75) is 20.0 Å². The molecule has 1 aromatic heterocycles. The molecule has 0 atom stereocenters. The van der Waals surface area contributed by atoms with Crippen LogP contribution in [0.5, 0.6) is 0 Å². The molecule has 1 heterocycles. The molecule has 0 aliphatic heterocycles. The fraction of sp³-hybridized carbons (Fsp3) is 0.375. The molecule has 0 saturated heterocycles. The van der Waals surface area contributed by atoms with Gasteiger partial charge >= 0.3 is 12.3 Å². The van der Waals surface area contributed by atoms with Crippen LogP contribution in [0.1, 0.15) is 18.9 Å². The highest BCUT2D eigenvalue weighted by molar-refractivity contribution is 5.84. The Morgan fingerprint density at radius 3 is 2.31 bits per heavy atom. The lowest BCUT2D eigenvalue weighted by Gasteiger charge is -2.02. The van der Waals surface area contributed by atoms with Gasteiger partial charge in [-0.25, -0.2) is 24.5 Å². The zero-order valence-electron chi connectivity index (χ0n) is 14.9. The average molecular weight is 366 g/mol. The van der Waals surface area contributed by atoms with Crippen LogP contribution < -0.4 is 0 Å². The standard InChI is InChI=1S/C9H14N2O3.C7H8N2O3/c1-3-4-8(5-11-7-10)6-14-9(12)13-2;1-11-7(10)12-4-6-2-8-5-9-3-6/h4-5,7,10H,3,6H2,1-2H3;2-3,5H,4H2,1H3/b8-4+,10-7?,11-5?;. The van der Waals surface area contributed by atoms with E-state index in [1.54, 1.807) is 12.4 Å². The van der Waals surface area contributed by atoms with E-state index in [2.05, 4.69) is 29.2 Å². The molecule has 1 rings (SSSR count). The van der Waals surface area contributed by atoms with E-state index < -0.39 is 12.3 Å². The number of aromatic nitrogens is 2. The number of nitrogens with one attached hydrogen (secondary N) is 1. The number of rotatable bonds is 7. The summed E-state index contributed by atoms with van der Waals surface area (Å²) in [5.74, 6) is 0. The molecule has 142 valence electrons. The van der Waals surface area contributed by atoms with Gasteiger partial charge in [0.1, 0.15) is 25.9 Å². The van der Waals surface area contributed by atoms with Gasteiger partial charge in [0.05, 0.1) is 14.2 Å². The summed E-state index contributed by atoms with van der Waals surface area (Å²) in [6, 6.07) is 0. The molecule has 10 heteroatoms. The van der Waals surface area contributed by atoms with Crippen molar-refractivity contribution < 1.29 is 28.5 Å². The van der Waals surface area contributed by atoms with Crippen molar-refractivity contribution in [3.63, 3.8) is 0 Å². The predicted octanol–water partition coefficient (Wildman–Crippen LogP) is 2.54. The second kappa shape index (κ2) is 15.2. The van der Waals surface area contributed by atoms with Gasteiger partial charge in [-0.15, -0.1) is 0 Å². The molecule has 1 aromatic rings. The van der Waals surface area contributed by atoms with Crippen molar-refractivity contribution >= 4 is 24.9 Å². The van der Waals surface area contributed by atoms with Crippen LogP contribution in [0.2, 0.25) is 0 Å². The van der Waals surface area contributed by atoms with E-state index in [-0.39, 0.29) is 13.2 Å². The maximum absolute atomic E-state index is 10.6. The molecule has 26 heavy (non-hydrogen) atoms. The van der Waals surface area contributed by atoms with Crippen LogP contribution in [-0.2, 0) is 25.6 Å². The largest absolute Gasteiger partial charge is 0.508 e. The maximum Gasteiger partial charge on any atom is 0.508 e. The Morgan fingerprint density at radius 2 is 1.77 bits per heavy atom. The SMILES string of the molecule is CC/C=C(\C=NC=N)COC(=O)OC.COC(=O)OCc1cncnc1. The molecule has 0 aliphatic rings. The van der Waals surface area contributed by atoms with Gasteiger partial charge in [0.25, 0.3) is 0 Å². The number of nitrogens with zero attached hydrogens (tertiary/aromatic N) is 3. The summed E-state index contributed by atoms with van der Waals surface area (Å²) in [7, 11) is 2.50. The summed E-state index contributed by atoms with van der Waals surface area (Å²) in [5, 5.41) is 6.70. The van der Waals surface area contributed by atoms with E-state index in [1.807, 2.05) is 13.0 Å². The molecule has 0 unspecified atom stereocenters. The second-order valence-electron chi connectivity index (χ2n) is 4.33. The first-order valence-electron chi connectivity index (χ1n) is 7.43. The fourth-order valence-corrected chi connectivity index (χ4v) is 1.35. The van der Waals surface area contributed by atoms with Crippen molar-refractivity contribution in [3.8, 4) is 0 Å². The Hall–Kier alpha value is -3.30. The van der Waals surface area contributed by atoms with Crippen molar-refractivity contribution in [2.24, 2.45) is 4.99 Å². The zero-order chi connectivity index (χ0) is 19.6. The normalized spacial score (nSPS) is 10.3. The van der Waals surface area contributed by atoms with Gasteiger partial charge in [-0.3, -0.25) is 5.41 Å². The lowest BCUT2D eigenvalue weighted by molar-refractivity contribution is 0.0667. The first-order valence-corrected chi connectivity index (χ1v) is 7.43. The van der Waals surface area contributed by atoms with Crippen LogP contribution in [0.25, 0.3) is 0 Å². The van der Waals surface area contributed by atoms with Crippen molar-refractivity contribution in [1.29, 1.82) is 5.41 Å². The quantitative estimate of drug-likeness (QED) is 0.442. The zero-order valence-corrected chi connectivity index (χ0v) is 14.9. The topological polar surface area (TPSA) is 133 Å². The van der Waals surface area contributed by atoms with E-state index >= 15 is 0 Å². The number of hydrogen-bond acceptors (Lipinski definition) is 9. The maximum atomic E-state index is 10.6. The minimum atomic E-state index is -0.727. The highest BCUT2D eigenvalue weighted by Crippen LogP contribution is 1.97. The number of methoxy groups -OCH3 is 2. The van der Waals surface area contributed by atoms with Gasteiger partial charge in [0, 0.05) is 29.7 Å². The van der Waals surface area contributed by atoms with Gasteiger partial charge in [0.15, 0.2) is 0 Å². The summed E-state index contributed by atoms with van der Waals surface area (Å²) in [5.41, 5.74) is 1.46. The molecular weight excluding hydrogens is 344 g/mol. The van der Waals surface area contributed by atoms with E-state index in [9.17, 15) is 9.59 Å². The minimum Gasteiger partial charge on any atom is -0.438 e. The predicted molar refractivity (Wildman–Crippen MR) is 93.2 cm³/mol. The summed E-state index contributed by atoms with van der Waals surface area (Å²) >= 11 is 0. The van der Waals surface area contributed by atoms with Crippen LogP contribution in [0.15, 0.2) is 35.4 Å². The number of carbonyl (C=O) groups is 2. The summed E-state index contributed by atoms with van der Waals surface area (Å²) in [4.78, 5) is 32.2. The summed E-state index contributed by atoms with van der Waals surface area (Å²) in [6.45, 7) is 2.20. The Kier molecular flexibility index (Phi) is 13.3. The van der Waals surface area contributed by atoms with E-state index in [0.717, 1.165) is 23.9 Å². The first kappa shape index (κ1) is 22.7. The minimum absolute atomic E-state index is 0.109. The van der Waals surface area contributed by atoms with Gasteiger partial charge in [-0.2, -0.15) is 0 Å². The van der Waals surface area contributed by atoms with Crippen LogP contribution in [0.4, 0.5) is 9.59 Å². The molecule has 0 aromatic carbocycles. The van der Waals surface area contributed by atoms with E-state index in [0.29, 0.717) is 0 Å². The number of carbonyl (C=O) groups excluding carboxylic acids is 2. The number of hydrogen-bond donors (Lipinski definition) is 1.